The first-order valence-corrected chi connectivity index (χ1v) is 12.3. The topological polar surface area (TPSA) is 106 Å². The maximum absolute atomic E-state index is 13.8. The number of hydrogen-bond acceptors (Lipinski definition) is 6. The van der Waals surface area contributed by atoms with E-state index < -0.39 is 11.9 Å². The van der Waals surface area contributed by atoms with Gasteiger partial charge in [0.25, 0.3) is 11.8 Å². The van der Waals surface area contributed by atoms with Crippen molar-refractivity contribution in [3.05, 3.63) is 84.1 Å². The highest BCUT2D eigenvalue weighted by molar-refractivity contribution is 6.01. The Hall–Kier alpha value is -4.34. The minimum atomic E-state index is -1.02. The van der Waals surface area contributed by atoms with Crippen molar-refractivity contribution in [1.82, 2.24) is 25.5 Å². The number of benzene rings is 2. The van der Waals surface area contributed by atoms with Crippen LogP contribution in [0.25, 0.3) is 11.4 Å². The van der Waals surface area contributed by atoms with Gasteiger partial charge in [-0.15, -0.1) is 10.2 Å². The molecule has 0 bridgehead atoms. The molecule has 1 fully saturated rings. The SMILES string of the molecule is Cc1ccc([C@H](C(=O)NC2CCCC2)N(C(=O)Cn2nnc(-c3ccc(F)cc3)n2)c2ccccc2)o1. The summed E-state index contributed by atoms with van der Waals surface area (Å²) in [6.45, 7) is 1.52. The quantitative estimate of drug-likeness (QED) is 0.387. The number of aromatic nitrogens is 4. The number of hydrogen-bond donors (Lipinski definition) is 1. The molecule has 4 aromatic rings. The molecule has 1 saturated carbocycles. The molecule has 9 nitrogen and oxygen atoms in total. The van der Waals surface area contributed by atoms with Crippen molar-refractivity contribution in [1.29, 1.82) is 0 Å². The molecule has 10 heteroatoms. The fourth-order valence-corrected chi connectivity index (χ4v) is 4.57. The maximum Gasteiger partial charge on any atom is 0.251 e. The summed E-state index contributed by atoms with van der Waals surface area (Å²) >= 11 is 0. The molecule has 0 aliphatic heterocycles. The van der Waals surface area contributed by atoms with E-state index >= 15 is 0 Å². The van der Waals surface area contributed by atoms with Crippen LogP contribution in [0.5, 0.6) is 0 Å². The second kappa shape index (κ2) is 10.7. The Morgan fingerprint density at radius 1 is 1.08 bits per heavy atom. The van der Waals surface area contributed by atoms with E-state index in [0.29, 0.717) is 22.8 Å². The van der Waals surface area contributed by atoms with Crippen molar-refractivity contribution >= 4 is 17.5 Å². The third-order valence-corrected chi connectivity index (χ3v) is 6.37. The van der Waals surface area contributed by atoms with Crippen LogP contribution in [-0.4, -0.2) is 38.1 Å². The van der Waals surface area contributed by atoms with Crippen molar-refractivity contribution in [3.63, 3.8) is 0 Å². The van der Waals surface area contributed by atoms with Crippen LogP contribution < -0.4 is 10.2 Å². The molecule has 190 valence electrons. The molecule has 1 N–H and O–H groups in total. The number of para-hydroxylation sites is 1. The summed E-state index contributed by atoms with van der Waals surface area (Å²) in [7, 11) is 0. The van der Waals surface area contributed by atoms with Crippen LogP contribution in [0.15, 0.2) is 71.1 Å². The molecule has 0 radical (unpaired) electrons. The normalized spacial score (nSPS) is 14.4. The number of tetrazole rings is 1. The minimum absolute atomic E-state index is 0.0639. The van der Waals surface area contributed by atoms with Crippen LogP contribution >= 0.6 is 0 Å². The van der Waals surface area contributed by atoms with Crippen LogP contribution in [0.3, 0.4) is 0 Å². The van der Waals surface area contributed by atoms with Gasteiger partial charge in [-0.1, -0.05) is 31.0 Å². The van der Waals surface area contributed by atoms with Gasteiger partial charge in [0, 0.05) is 17.3 Å². The van der Waals surface area contributed by atoms with E-state index in [0.717, 1.165) is 30.5 Å². The Balaban J connectivity index is 1.46. The Morgan fingerprint density at radius 2 is 1.81 bits per heavy atom. The Morgan fingerprint density at radius 3 is 2.49 bits per heavy atom. The Kier molecular flexibility index (Phi) is 7.07. The lowest BCUT2D eigenvalue weighted by Gasteiger charge is -2.30. The first kappa shape index (κ1) is 24.4. The molecule has 0 spiro atoms. The minimum Gasteiger partial charge on any atom is -0.464 e. The van der Waals surface area contributed by atoms with E-state index in [4.69, 9.17) is 4.42 Å². The lowest BCUT2D eigenvalue weighted by Crippen LogP contribution is -2.47. The summed E-state index contributed by atoms with van der Waals surface area (Å²) in [6, 6.07) is 17.2. The molecule has 2 heterocycles. The van der Waals surface area contributed by atoms with Crippen molar-refractivity contribution in [2.24, 2.45) is 0 Å². The number of aryl methyl sites for hydroxylation is 1. The summed E-state index contributed by atoms with van der Waals surface area (Å²) in [5.74, 6) is 0.155. The highest BCUT2D eigenvalue weighted by Crippen LogP contribution is 2.30. The van der Waals surface area contributed by atoms with Gasteiger partial charge < -0.3 is 9.73 Å². The number of rotatable bonds is 8. The van der Waals surface area contributed by atoms with Gasteiger partial charge in [-0.25, -0.2) is 4.39 Å². The van der Waals surface area contributed by atoms with Crippen molar-refractivity contribution < 1.29 is 18.4 Å². The number of carbonyl (C=O) groups is 2. The van der Waals surface area contributed by atoms with E-state index in [1.807, 2.05) is 6.07 Å². The molecular formula is C27H27FN6O3. The average Bonchev–Trinajstić information content (AvgIpc) is 3.66. The Bertz CT molecular complexity index is 1360. The van der Waals surface area contributed by atoms with Gasteiger partial charge in [-0.05, 0) is 73.5 Å². The Labute approximate surface area is 213 Å². The van der Waals surface area contributed by atoms with Gasteiger partial charge in [0.15, 0.2) is 6.04 Å². The van der Waals surface area contributed by atoms with E-state index in [-0.39, 0.29) is 30.1 Å². The summed E-state index contributed by atoms with van der Waals surface area (Å²) in [5.41, 5.74) is 1.10. The zero-order valence-electron chi connectivity index (χ0n) is 20.4. The van der Waals surface area contributed by atoms with Gasteiger partial charge >= 0.3 is 0 Å². The van der Waals surface area contributed by atoms with Crippen LogP contribution in [0.2, 0.25) is 0 Å². The number of nitrogens with zero attached hydrogens (tertiary/aromatic N) is 5. The first-order chi connectivity index (χ1) is 18.0. The summed E-state index contributed by atoms with van der Waals surface area (Å²) in [5, 5.41) is 15.4. The monoisotopic (exact) mass is 502 g/mol. The number of anilines is 1. The lowest BCUT2D eigenvalue weighted by atomic mass is 10.1. The molecule has 2 amide bonds. The molecule has 5 rings (SSSR count). The second-order valence-corrected chi connectivity index (χ2v) is 9.09. The summed E-state index contributed by atoms with van der Waals surface area (Å²) in [4.78, 5) is 30.0. The summed E-state index contributed by atoms with van der Waals surface area (Å²) in [6.07, 6.45) is 3.93. The first-order valence-electron chi connectivity index (χ1n) is 12.3. The van der Waals surface area contributed by atoms with Gasteiger partial charge in [0.2, 0.25) is 5.82 Å². The zero-order valence-corrected chi connectivity index (χ0v) is 20.4. The fraction of sp³-hybridized carbons (Fsp3) is 0.296. The third kappa shape index (κ3) is 5.58. The van der Waals surface area contributed by atoms with E-state index in [2.05, 4.69) is 20.7 Å². The number of carbonyl (C=O) groups excluding carboxylic acids is 2. The third-order valence-electron chi connectivity index (χ3n) is 6.37. The molecule has 0 unspecified atom stereocenters. The molecule has 1 aliphatic carbocycles. The number of furan rings is 1. The highest BCUT2D eigenvalue weighted by atomic mass is 19.1. The fourth-order valence-electron chi connectivity index (χ4n) is 4.57. The van der Waals surface area contributed by atoms with Gasteiger partial charge in [-0.2, -0.15) is 4.80 Å². The van der Waals surface area contributed by atoms with Crippen molar-refractivity contribution in [3.8, 4) is 11.4 Å². The number of halogens is 1. The molecule has 1 atom stereocenters. The molecular weight excluding hydrogens is 475 g/mol. The average molecular weight is 503 g/mol. The summed E-state index contributed by atoms with van der Waals surface area (Å²) < 4.78 is 19.2. The van der Waals surface area contributed by atoms with Crippen LogP contribution in [0, 0.1) is 12.7 Å². The number of nitrogens with one attached hydrogen (secondary N) is 1. The standard InChI is InChI=1S/C27H27FN6O3/c1-18-11-16-23(37-18)25(27(36)29-21-7-5-6-8-21)34(22-9-3-2-4-10-22)24(35)17-33-31-26(30-32-33)19-12-14-20(28)15-13-19/h2-4,9-16,21,25H,5-8,17H2,1H3,(H,29,36)/t25-/m1/s1. The van der Waals surface area contributed by atoms with E-state index in [9.17, 15) is 14.0 Å². The van der Waals surface area contributed by atoms with Gasteiger partial charge in [0.05, 0.1) is 0 Å². The largest absolute Gasteiger partial charge is 0.464 e. The van der Waals surface area contributed by atoms with Crippen LogP contribution in [0.1, 0.15) is 43.2 Å². The second-order valence-electron chi connectivity index (χ2n) is 9.09. The van der Waals surface area contributed by atoms with E-state index in [1.54, 1.807) is 43.3 Å². The smallest absolute Gasteiger partial charge is 0.251 e. The van der Waals surface area contributed by atoms with Gasteiger partial charge in [-0.3, -0.25) is 14.5 Å². The number of amides is 2. The van der Waals surface area contributed by atoms with Gasteiger partial charge in [0.1, 0.15) is 23.9 Å². The highest BCUT2D eigenvalue weighted by Gasteiger charge is 2.36. The molecule has 37 heavy (non-hydrogen) atoms. The van der Waals surface area contributed by atoms with Crippen LogP contribution in [0.4, 0.5) is 10.1 Å². The zero-order chi connectivity index (χ0) is 25.8. The maximum atomic E-state index is 13.8. The van der Waals surface area contributed by atoms with Crippen LogP contribution in [-0.2, 0) is 16.1 Å². The molecule has 1 aliphatic rings. The molecule has 2 aromatic carbocycles. The predicted molar refractivity (Wildman–Crippen MR) is 134 cm³/mol. The van der Waals surface area contributed by atoms with Crippen molar-refractivity contribution in [2.45, 2.75) is 51.2 Å². The van der Waals surface area contributed by atoms with Crippen molar-refractivity contribution in [2.75, 3.05) is 4.90 Å². The predicted octanol–water partition coefficient (Wildman–Crippen LogP) is 4.21. The molecule has 2 aromatic heterocycles. The lowest BCUT2D eigenvalue weighted by molar-refractivity contribution is -0.128. The molecule has 0 saturated heterocycles. The van der Waals surface area contributed by atoms with E-state index in [1.165, 1.54) is 29.2 Å².